The van der Waals surface area contributed by atoms with E-state index >= 15 is 0 Å². The van der Waals surface area contributed by atoms with E-state index in [0.29, 0.717) is 10.2 Å². The lowest BCUT2D eigenvalue weighted by Gasteiger charge is -2.12. The Kier molecular flexibility index (Phi) is 6.39. The van der Waals surface area contributed by atoms with E-state index in [0.717, 1.165) is 23.2 Å². The second-order valence-corrected chi connectivity index (χ2v) is 9.12. The van der Waals surface area contributed by atoms with Gasteiger partial charge in [-0.1, -0.05) is 37.3 Å². The summed E-state index contributed by atoms with van der Waals surface area (Å²) in [5.41, 5.74) is 3.36. The summed E-state index contributed by atoms with van der Waals surface area (Å²) in [6, 6.07) is 18.9. The van der Waals surface area contributed by atoms with Gasteiger partial charge in [0.05, 0.1) is 10.6 Å². The molecule has 0 saturated carbocycles. The summed E-state index contributed by atoms with van der Waals surface area (Å²) in [5, 5.41) is 2.86. The van der Waals surface area contributed by atoms with Crippen LogP contribution in [0.2, 0.25) is 0 Å². The van der Waals surface area contributed by atoms with Crippen molar-refractivity contribution in [1.29, 1.82) is 0 Å². The largest absolute Gasteiger partial charge is 0.322 e. The quantitative estimate of drug-likeness (QED) is 0.505. The SMILES string of the molecule is CCc1ccccc1NC(=O)c1cccc(S(=O)(=O)Nc2cc(C)ccc2Br)c1. The summed E-state index contributed by atoms with van der Waals surface area (Å²) in [6.45, 7) is 3.89. The average Bonchev–Trinajstić information content (AvgIpc) is 2.71. The minimum absolute atomic E-state index is 0.0160. The lowest BCUT2D eigenvalue weighted by Crippen LogP contribution is -2.16. The molecule has 29 heavy (non-hydrogen) atoms. The molecule has 0 heterocycles. The van der Waals surface area contributed by atoms with Crippen molar-refractivity contribution in [2.45, 2.75) is 25.2 Å². The standard InChI is InChI=1S/C22H21BrN2O3S/c1-3-16-7-4-5-10-20(16)24-22(26)17-8-6-9-18(14-17)29(27,28)25-21-13-15(2)11-12-19(21)23/h4-14,25H,3H2,1-2H3,(H,24,26). The zero-order valence-electron chi connectivity index (χ0n) is 16.1. The molecule has 3 aromatic rings. The number of carbonyl (C=O) groups excluding carboxylic acids is 1. The van der Waals surface area contributed by atoms with E-state index in [9.17, 15) is 13.2 Å². The molecule has 150 valence electrons. The summed E-state index contributed by atoms with van der Waals surface area (Å²) in [6.07, 6.45) is 0.778. The number of halogens is 1. The Morgan fingerprint density at radius 2 is 1.72 bits per heavy atom. The van der Waals surface area contributed by atoms with Gasteiger partial charge in [0, 0.05) is 15.7 Å². The van der Waals surface area contributed by atoms with Crippen LogP contribution in [0, 0.1) is 6.92 Å². The molecule has 0 aliphatic carbocycles. The third-order valence-electron chi connectivity index (χ3n) is 4.42. The molecule has 0 aromatic heterocycles. The van der Waals surface area contributed by atoms with Crippen molar-refractivity contribution >= 4 is 43.2 Å². The Labute approximate surface area is 179 Å². The van der Waals surface area contributed by atoms with Crippen LogP contribution in [-0.2, 0) is 16.4 Å². The number of nitrogens with one attached hydrogen (secondary N) is 2. The van der Waals surface area contributed by atoms with Gasteiger partial charge < -0.3 is 5.32 Å². The molecule has 0 spiro atoms. The molecule has 7 heteroatoms. The normalized spacial score (nSPS) is 11.1. The topological polar surface area (TPSA) is 75.3 Å². The number of amides is 1. The molecule has 0 atom stereocenters. The fraction of sp³-hybridized carbons (Fsp3) is 0.136. The maximum absolute atomic E-state index is 12.8. The average molecular weight is 473 g/mol. The first kappa shape index (κ1) is 21.1. The fourth-order valence-electron chi connectivity index (χ4n) is 2.87. The van der Waals surface area contributed by atoms with E-state index in [1.807, 2.05) is 44.2 Å². The van der Waals surface area contributed by atoms with E-state index in [4.69, 9.17) is 0 Å². The smallest absolute Gasteiger partial charge is 0.261 e. The van der Waals surface area contributed by atoms with Gasteiger partial charge in [0.2, 0.25) is 0 Å². The summed E-state index contributed by atoms with van der Waals surface area (Å²) in [5.74, 6) is -0.361. The summed E-state index contributed by atoms with van der Waals surface area (Å²) >= 11 is 3.35. The highest BCUT2D eigenvalue weighted by Gasteiger charge is 2.18. The van der Waals surface area contributed by atoms with Gasteiger partial charge in [0.15, 0.2) is 0 Å². The van der Waals surface area contributed by atoms with Crippen LogP contribution in [0.3, 0.4) is 0 Å². The van der Waals surface area contributed by atoms with Gasteiger partial charge in [0.1, 0.15) is 0 Å². The number of aryl methyl sites for hydroxylation is 2. The first-order chi connectivity index (χ1) is 13.8. The van der Waals surface area contributed by atoms with E-state index in [-0.39, 0.29) is 16.4 Å². The van der Waals surface area contributed by atoms with Gasteiger partial charge in [-0.15, -0.1) is 0 Å². The Morgan fingerprint density at radius 3 is 2.48 bits per heavy atom. The van der Waals surface area contributed by atoms with Gasteiger partial charge in [-0.25, -0.2) is 8.42 Å². The molecule has 0 radical (unpaired) electrons. The van der Waals surface area contributed by atoms with E-state index in [2.05, 4.69) is 26.0 Å². The number of carbonyl (C=O) groups is 1. The van der Waals surface area contributed by atoms with Crippen LogP contribution in [0.25, 0.3) is 0 Å². The van der Waals surface area contributed by atoms with Gasteiger partial charge in [-0.2, -0.15) is 0 Å². The molecule has 0 unspecified atom stereocenters. The van der Waals surface area contributed by atoms with Crippen LogP contribution in [0.15, 0.2) is 76.1 Å². The van der Waals surface area contributed by atoms with Crippen LogP contribution >= 0.6 is 15.9 Å². The van der Waals surface area contributed by atoms with Crippen LogP contribution in [0.5, 0.6) is 0 Å². The number of sulfonamides is 1. The zero-order chi connectivity index (χ0) is 21.0. The second-order valence-electron chi connectivity index (χ2n) is 6.58. The lowest BCUT2D eigenvalue weighted by molar-refractivity contribution is 0.102. The van der Waals surface area contributed by atoms with Gasteiger partial charge in [-0.05, 0) is 76.8 Å². The van der Waals surface area contributed by atoms with Crippen molar-refractivity contribution in [2.24, 2.45) is 0 Å². The number of hydrogen-bond acceptors (Lipinski definition) is 3. The van der Waals surface area contributed by atoms with Crippen molar-refractivity contribution in [2.75, 3.05) is 10.0 Å². The first-order valence-electron chi connectivity index (χ1n) is 9.08. The van der Waals surface area contributed by atoms with Crippen LogP contribution in [-0.4, -0.2) is 14.3 Å². The molecule has 5 nitrogen and oxygen atoms in total. The molecular formula is C22H21BrN2O3S. The number of para-hydroxylation sites is 1. The molecule has 1 amide bonds. The highest BCUT2D eigenvalue weighted by molar-refractivity contribution is 9.10. The monoisotopic (exact) mass is 472 g/mol. The van der Waals surface area contributed by atoms with Crippen molar-refractivity contribution in [3.63, 3.8) is 0 Å². The zero-order valence-corrected chi connectivity index (χ0v) is 18.5. The highest BCUT2D eigenvalue weighted by atomic mass is 79.9. The Balaban J connectivity index is 1.86. The molecule has 0 aliphatic heterocycles. The predicted molar refractivity (Wildman–Crippen MR) is 120 cm³/mol. The molecule has 3 rings (SSSR count). The second kappa shape index (κ2) is 8.80. The molecule has 2 N–H and O–H groups in total. The molecular weight excluding hydrogens is 452 g/mol. The fourth-order valence-corrected chi connectivity index (χ4v) is 4.46. The maximum atomic E-state index is 12.8. The number of hydrogen-bond donors (Lipinski definition) is 2. The van der Waals surface area contributed by atoms with Gasteiger partial charge in [-0.3, -0.25) is 9.52 Å². The Hall–Kier alpha value is -2.64. The summed E-state index contributed by atoms with van der Waals surface area (Å²) < 4.78 is 28.9. The minimum atomic E-state index is -3.85. The molecule has 0 saturated heterocycles. The highest BCUT2D eigenvalue weighted by Crippen LogP contribution is 2.26. The maximum Gasteiger partial charge on any atom is 0.261 e. The number of benzene rings is 3. The van der Waals surface area contributed by atoms with Crippen molar-refractivity contribution in [1.82, 2.24) is 0 Å². The number of rotatable bonds is 6. The molecule has 0 aliphatic rings. The third-order valence-corrected chi connectivity index (χ3v) is 6.47. The van der Waals surface area contributed by atoms with E-state index < -0.39 is 10.0 Å². The Bertz CT molecular complexity index is 1160. The van der Waals surface area contributed by atoms with Crippen molar-refractivity contribution in [3.8, 4) is 0 Å². The van der Waals surface area contributed by atoms with E-state index in [1.54, 1.807) is 24.3 Å². The van der Waals surface area contributed by atoms with Crippen molar-refractivity contribution < 1.29 is 13.2 Å². The number of anilines is 2. The van der Waals surface area contributed by atoms with Crippen LogP contribution in [0.1, 0.15) is 28.4 Å². The van der Waals surface area contributed by atoms with Crippen LogP contribution in [0.4, 0.5) is 11.4 Å². The van der Waals surface area contributed by atoms with E-state index in [1.165, 1.54) is 12.1 Å². The van der Waals surface area contributed by atoms with Crippen LogP contribution < -0.4 is 10.0 Å². The van der Waals surface area contributed by atoms with Gasteiger partial charge in [0.25, 0.3) is 15.9 Å². The molecule has 0 fully saturated rings. The summed E-state index contributed by atoms with van der Waals surface area (Å²) in [7, 11) is -3.85. The Morgan fingerprint density at radius 1 is 0.966 bits per heavy atom. The summed E-state index contributed by atoms with van der Waals surface area (Å²) in [4.78, 5) is 12.7. The first-order valence-corrected chi connectivity index (χ1v) is 11.4. The lowest BCUT2D eigenvalue weighted by atomic mass is 10.1. The van der Waals surface area contributed by atoms with Crippen molar-refractivity contribution in [3.05, 3.63) is 87.9 Å². The predicted octanol–water partition coefficient (Wildman–Crippen LogP) is 5.37. The van der Waals surface area contributed by atoms with Gasteiger partial charge >= 0.3 is 0 Å². The molecule has 0 bridgehead atoms. The third kappa shape index (κ3) is 5.05. The minimum Gasteiger partial charge on any atom is -0.322 e. The molecule has 3 aromatic carbocycles.